The summed E-state index contributed by atoms with van der Waals surface area (Å²) < 4.78 is 29.5. The van der Waals surface area contributed by atoms with E-state index < -0.39 is 15.4 Å². The lowest BCUT2D eigenvalue weighted by Gasteiger charge is -2.26. The third-order valence-corrected chi connectivity index (χ3v) is 5.16. The number of halogens is 1. The Labute approximate surface area is 148 Å². The summed E-state index contributed by atoms with van der Waals surface area (Å²) in [7, 11) is -3.47. The van der Waals surface area contributed by atoms with Gasteiger partial charge in [0.25, 0.3) is 0 Å². The lowest BCUT2D eigenvalue weighted by Crippen LogP contribution is -2.26. The Bertz CT molecular complexity index is 786. The van der Waals surface area contributed by atoms with Crippen molar-refractivity contribution >= 4 is 21.4 Å². The number of benzene rings is 2. The Morgan fingerprint density at radius 1 is 1.17 bits per heavy atom. The molecule has 0 heterocycles. The summed E-state index contributed by atoms with van der Waals surface area (Å²) in [5.74, 6) is 0. The molecule has 1 atom stereocenters. The highest BCUT2D eigenvalue weighted by molar-refractivity contribution is 7.90. The Morgan fingerprint density at radius 3 is 2.46 bits per heavy atom. The van der Waals surface area contributed by atoms with Gasteiger partial charge in [0.1, 0.15) is 0 Å². The van der Waals surface area contributed by atoms with Crippen molar-refractivity contribution in [2.24, 2.45) is 0 Å². The van der Waals surface area contributed by atoms with Gasteiger partial charge in [-0.3, -0.25) is 0 Å². The highest BCUT2D eigenvalue weighted by atomic mass is 35.5. The SMILES string of the molecule is CC(O)(CCOCc1ccccc1)c1cc(Cl)ccc1S(C)(=O)=O. The van der Waals surface area contributed by atoms with Crippen LogP contribution >= 0.6 is 11.6 Å². The Kier molecular flexibility index (Phi) is 6.04. The molecule has 2 aromatic rings. The second-order valence-corrected chi connectivity index (χ2v) is 8.40. The van der Waals surface area contributed by atoms with E-state index >= 15 is 0 Å². The van der Waals surface area contributed by atoms with Gasteiger partial charge in [-0.15, -0.1) is 0 Å². The molecule has 0 aliphatic heterocycles. The van der Waals surface area contributed by atoms with E-state index in [1.54, 1.807) is 6.92 Å². The Morgan fingerprint density at radius 2 is 1.83 bits per heavy atom. The van der Waals surface area contributed by atoms with Crippen LogP contribution in [0, 0.1) is 0 Å². The van der Waals surface area contributed by atoms with E-state index in [0.29, 0.717) is 17.2 Å². The van der Waals surface area contributed by atoms with Gasteiger partial charge < -0.3 is 9.84 Å². The molecule has 6 heteroatoms. The second-order valence-electron chi connectivity index (χ2n) is 5.97. The van der Waals surface area contributed by atoms with Crippen LogP contribution in [-0.4, -0.2) is 26.4 Å². The van der Waals surface area contributed by atoms with Crippen LogP contribution in [0.25, 0.3) is 0 Å². The molecular weight excluding hydrogens is 348 g/mol. The van der Waals surface area contributed by atoms with E-state index in [0.717, 1.165) is 11.8 Å². The predicted molar refractivity (Wildman–Crippen MR) is 94.8 cm³/mol. The number of rotatable bonds is 7. The highest BCUT2D eigenvalue weighted by Crippen LogP contribution is 2.32. The van der Waals surface area contributed by atoms with Crippen LogP contribution in [0.5, 0.6) is 0 Å². The molecule has 2 rings (SSSR count). The van der Waals surface area contributed by atoms with Crippen molar-refractivity contribution in [3.8, 4) is 0 Å². The number of hydrogen-bond donors (Lipinski definition) is 1. The molecule has 1 N–H and O–H groups in total. The van der Waals surface area contributed by atoms with Crippen LogP contribution in [0.15, 0.2) is 53.4 Å². The van der Waals surface area contributed by atoms with E-state index in [1.165, 1.54) is 18.2 Å². The molecule has 4 nitrogen and oxygen atoms in total. The van der Waals surface area contributed by atoms with Crippen molar-refractivity contribution in [3.63, 3.8) is 0 Å². The first-order valence-electron chi connectivity index (χ1n) is 7.54. The molecule has 0 bridgehead atoms. The molecule has 0 saturated carbocycles. The quantitative estimate of drug-likeness (QED) is 0.759. The number of ether oxygens (including phenoxy) is 1. The first-order valence-corrected chi connectivity index (χ1v) is 9.81. The summed E-state index contributed by atoms with van der Waals surface area (Å²) in [4.78, 5) is 0.0833. The van der Waals surface area contributed by atoms with Crippen LogP contribution in [0.3, 0.4) is 0 Å². The molecule has 0 amide bonds. The Hall–Kier alpha value is -1.40. The maximum atomic E-state index is 11.9. The fourth-order valence-electron chi connectivity index (χ4n) is 2.42. The van der Waals surface area contributed by atoms with Crippen LogP contribution in [0.1, 0.15) is 24.5 Å². The summed E-state index contributed by atoms with van der Waals surface area (Å²) in [5.41, 5.74) is -0.0301. The molecule has 0 spiro atoms. The number of aliphatic hydroxyl groups is 1. The fraction of sp³-hybridized carbons (Fsp3) is 0.333. The van der Waals surface area contributed by atoms with E-state index in [-0.39, 0.29) is 17.9 Å². The van der Waals surface area contributed by atoms with Crippen LogP contribution in [0.2, 0.25) is 5.02 Å². The van der Waals surface area contributed by atoms with E-state index in [4.69, 9.17) is 16.3 Å². The fourth-order valence-corrected chi connectivity index (χ4v) is 3.58. The van der Waals surface area contributed by atoms with Gasteiger partial charge in [-0.2, -0.15) is 0 Å². The van der Waals surface area contributed by atoms with Crippen LogP contribution in [0.4, 0.5) is 0 Å². The van der Waals surface area contributed by atoms with Crippen molar-refractivity contribution < 1.29 is 18.3 Å². The number of hydrogen-bond acceptors (Lipinski definition) is 4. The Balaban J connectivity index is 2.08. The van der Waals surface area contributed by atoms with Crippen LogP contribution in [-0.2, 0) is 26.8 Å². The summed E-state index contributed by atoms with van der Waals surface area (Å²) in [6.45, 7) is 2.29. The molecule has 0 radical (unpaired) electrons. The lowest BCUT2D eigenvalue weighted by molar-refractivity contribution is 0.00497. The molecule has 0 fully saturated rings. The van der Waals surface area contributed by atoms with Gasteiger partial charge in [0.2, 0.25) is 0 Å². The number of sulfone groups is 1. The molecule has 0 aromatic heterocycles. The monoisotopic (exact) mass is 368 g/mol. The largest absolute Gasteiger partial charge is 0.385 e. The van der Waals surface area contributed by atoms with E-state index in [1.807, 2.05) is 30.3 Å². The predicted octanol–water partition coefficient (Wildman–Crippen LogP) is 3.56. The molecule has 0 aliphatic carbocycles. The molecule has 0 aliphatic rings. The molecule has 1 unspecified atom stereocenters. The highest BCUT2D eigenvalue weighted by Gasteiger charge is 2.29. The van der Waals surface area contributed by atoms with Crippen molar-refractivity contribution in [1.82, 2.24) is 0 Å². The first kappa shape index (κ1) is 18.9. The zero-order valence-corrected chi connectivity index (χ0v) is 15.3. The van der Waals surface area contributed by atoms with Gasteiger partial charge in [0.15, 0.2) is 9.84 Å². The summed E-state index contributed by atoms with van der Waals surface area (Å²) in [6.07, 6.45) is 1.37. The average molecular weight is 369 g/mol. The summed E-state index contributed by atoms with van der Waals surface area (Å²) >= 11 is 5.98. The van der Waals surface area contributed by atoms with Gasteiger partial charge in [0.05, 0.1) is 23.7 Å². The molecule has 24 heavy (non-hydrogen) atoms. The minimum Gasteiger partial charge on any atom is -0.385 e. The smallest absolute Gasteiger partial charge is 0.175 e. The zero-order valence-electron chi connectivity index (χ0n) is 13.7. The maximum Gasteiger partial charge on any atom is 0.175 e. The molecular formula is C18H21ClO4S. The third kappa shape index (κ3) is 5.05. The first-order chi connectivity index (χ1) is 11.2. The zero-order chi connectivity index (χ0) is 17.8. The minimum atomic E-state index is -3.47. The second kappa shape index (κ2) is 7.66. The maximum absolute atomic E-state index is 11.9. The normalized spacial score (nSPS) is 14.3. The van der Waals surface area contributed by atoms with E-state index in [2.05, 4.69) is 0 Å². The van der Waals surface area contributed by atoms with Crippen molar-refractivity contribution in [2.45, 2.75) is 30.4 Å². The van der Waals surface area contributed by atoms with Crippen LogP contribution < -0.4 is 0 Å². The lowest BCUT2D eigenvalue weighted by atomic mass is 9.93. The topological polar surface area (TPSA) is 63.6 Å². The standard InChI is InChI=1S/C18H21ClO4S/c1-18(20,10-11-23-13-14-6-4-3-5-7-14)16-12-15(19)8-9-17(16)24(2,21)22/h3-9,12,20H,10-11,13H2,1-2H3. The minimum absolute atomic E-state index is 0.0833. The molecule has 0 saturated heterocycles. The van der Waals surface area contributed by atoms with Crippen molar-refractivity contribution in [1.29, 1.82) is 0 Å². The summed E-state index contributed by atoms with van der Waals surface area (Å²) in [6, 6.07) is 14.1. The summed E-state index contributed by atoms with van der Waals surface area (Å²) in [5, 5.41) is 11.1. The average Bonchev–Trinajstić information content (AvgIpc) is 2.51. The van der Waals surface area contributed by atoms with Crippen molar-refractivity contribution in [3.05, 3.63) is 64.7 Å². The van der Waals surface area contributed by atoms with Crippen molar-refractivity contribution in [2.75, 3.05) is 12.9 Å². The van der Waals surface area contributed by atoms with Gasteiger partial charge in [-0.1, -0.05) is 41.9 Å². The van der Waals surface area contributed by atoms with Gasteiger partial charge in [-0.05, 0) is 30.7 Å². The molecule has 130 valence electrons. The van der Waals surface area contributed by atoms with Gasteiger partial charge >= 0.3 is 0 Å². The molecule has 2 aromatic carbocycles. The third-order valence-electron chi connectivity index (χ3n) is 3.77. The van der Waals surface area contributed by atoms with Gasteiger partial charge in [0, 0.05) is 23.3 Å². The van der Waals surface area contributed by atoms with E-state index in [9.17, 15) is 13.5 Å². The van der Waals surface area contributed by atoms with Gasteiger partial charge in [-0.25, -0.2) is 8.42 Å².